The monoisotopic (exact) mass is 410 g/mol. The van der Waals surface area contributed by atoms with E-state index in [0.29, 0.717) is 35.5 Å². The lowest BCUT2D eigenvalue weighted by atomic mass is 10.1. The van der Waals surface area contributed by atoms with Crippen molar-refractivity contribution in [1.82, 2.24) is 5.32 Å². The Hall–Kier alpha value is -0.490. The molecule has 0 bridgehead atoms. The van der Waals surface area contributed by atoms with Crippen LogP contribution in [0.15, 0.2) is 16.6 Å². The third-order valence-corrected chi connectivity index (χ3v) is 4.26. The fraction of sp³-hybridized carbons (Fsp3) is 0.533. The van der Waals surface area contributed by atoms with Crippen LogP contribution in [0.4, 0.5) is 5.69 Å². The van der Waals surface area contributed by atoms with E-state index < -0.39 is 0 Å². The van der Waals surface area contributed by atoms with Crippen LogP contribution in [0.25, 0.3) is 0 Å². The van der Waals surface area contributed by atoms with E-state index in [0.717, 1.165) is 23.9 Å². The van der Waals surface area contributed by atoms with Crippen molar-refractivity contribution in [3.8, 4) is 5.75 Å². The fourth-order valence-electron chi connectivity index (χ4n) is 2.47. The molecule has 4 nitrogen and oxygen atoms in total. The maximum Gasteiger partial charge on any atom is 0.224 e. The molecule has 1 saturated heterocycles. The quantitative estimate of drug-likeness (QED) is 0.729. The van der Waals surface area contributed by atoms with Gasteiger partial charge in [-0.1, -0.05) is 11.6 Å². The summed E-state index contributed by atoms with van der Waals surface area (Å²) >= 11 is 9.45. The van der Waals surface area contributed by atoms with Gasteiger partial charge in [0.2, 0.25) is 5.91 Å². The maximum absolute atomic E-state index is 12.1. The first-order chi connectivity index (χ1) is 10.1. The number of hydrogen-bond acceptors (Lipinski definition) is 3. The van der Waals surface area contributed by atoms with Gasteiger partial charge < -0.3 is 15.4 Å². The molecule has 1 atom stereocenters. The van der Waals surface area contributed by atoms with Crippen LogP contribution in [0.1, 0.15) is 32.6 Å². The number of hydrogen-bond donors (Lipinski definition) is 2. The zero-order valence-electron chi connectivity index (χ0n) is 12.5. The van der Waals surface area contributed by atoms with Gasteiger partial charge in [0.25, 0.3) is 0 Å². The number of ether oxygens (including phenoxy) is 1. The number of carbonyl (C=O) groups excluding carboxylic acids is 1. The number of rotatable bonds is 6. The average molecular weight is 412 g/mol. The molecule has 1 amide bonds. The second-order valence-electron chi connectivity index (χ2n) is 5.08. The highest BCUT2D eigenvalue weighted by Gasteiger charge is 2.17. The van der Waals surface area contributed by atoms with E-state index in [2.05, 4.69) is 26.6 Å². The van der Waals surface area contributed by atoms with Crippen molar-refractivity contribution in [2.45, 2.75) is 38.6 Å². The lowest BCUT2D eigenvalue weighted by Gasteiger charge is -2.15. The molecule has 0 spiro atoms. The molecule has 0 aliphatic carbocycles. The van der Waals surface area contributed by atoms with Gasteiger partial charge in [0.15, 0.2) is 5.75 Å². The highest BCUT2D eigenvalue weighted by Crippen LogP contribution is 2.36. The van der Waals surface area contributed by atoms with E-state index in [4.69, 9.17) is 16.3 Å². The largest absolute Gasteiger partial charge is 0.491 e. The molecule has 1 aliphatic rings. The summed E-state index contributed by atoms with van der Waals surface area (Å²) in [5.74, 6) is 0.605. The Morgan fingerprint density at radius 2 is 2.32 bits per heavy atom. The molecule has 124 valence electrons. The summed E-state index contributed by atoms with van der Waals surface area (Å²) in [5.41, 5.74) is 0.612. The van der Waals surface area contributed by atoms with Crippen LogP contribution in [-0.2, 0) is 4.79 Å². The lowest BCUT2D eigenvalue weighted by molar-refractivity contribution is -0.116. The van der Waals surface area contributed by atoms with Crippen molar-refractivity contribution in [1.29, 1.82) is 0 Å². The van der Waals surface area contributed by atoms with Crippen molar-refractivity contribution >= 4 is 51.5 Å². The molecule has 1 aliphatic heterocycles. The molecule has 1 heterocycles. The van der Waals surface area contributed by atoms with Gasteiger partial charge in [-0.15, -0.1) is 12.4 Å². The van der Waals surface area contributed by atoms with E-state index in [1.165, 1.54) is 6.42 Å². The number of anilines is 1. The minimum Gasteiger partial charge on any atom is -0.491 e. The topological polar surface area (TPSA) is 50.4 Å². The van der Waals surface area contributed by atoms with Crippen LogP contribution in [-0.4, -0.2) is 25.1 Å². The Morgan fingerprint density at radius 3 is 2.95 bits per heavy atom. The molecule has 22 heavy (non-hydrogen) atoms. The first-order valence-electron chi connectivity index (χ1n) is 7.25. The number of benzene rings is 1. The van der Waals surface area contributed by atoms with Gasteiger partial charge in [-0.3, -0.25) is 4.79 Å². The smallest absolute Gasteiger partial charge is 0.224 e. The van der Waals surface area contributed by atoms with Crippen molar-refractivity contribution in [2.24, 2.45) is 0 Å². The molecule has 0 aromatic heterocycles. The van der Waals surface area contributed by atoms with Crippen LogP contribution in [0.2, 0.25) is 5.02 Å². The Morgan fingerprint density at radius 1 is 1.55 bits per heavy atom. The first kappa shape index (κ1) is 19.6. The first-order valence-corrected chi connectivity index (χ1v) is 8.42. The normalized spacial score (nSPS) is 17.0. The van der Waals surface area contributed by atoms with Crippen molar-refractivity contribution in [3.63, 3.8) is 0 Å². The van der Waals surface area contributed by atoms with Crippen molar-refractivity contribution in [2.75, 3.05) is 18.5 Å². The molecule has 2 rings (SSSR count). The van der Waals surface area contributed by atoms with Gasteiger partial charge in [-0.2, -0.15) is 0 Å². The second-order valence-corrected chi connectivity index (χ2v) is 6.37. The SMILES string of the molecule is CCOc1c(Br)cc(Cl)cc1NC(=O)CCC1CCCN1.Cl. The summed E-state index contributed by atoms with van der Waals surface area (Å²) in [7, 11) is 0. The van der Waals surface area contributed by atoms with Gasteiger partial charge in [0.1, 0.15) is 0 Å². The molecule has 2 N–H and O–H groups in total. The molecule has 0 saturated carbocycles. The summed E-state index contributed by atoms with van der Waals surface area (Å²) in [4.78, 5) is 12.1. The molecule has 1 fully saturated rings. The molecule has 7 heteroatoms. The highest BCUT2D eigenvalue weighted by atomic mass is 79.9. The maximum atomic E-state index is 12.1. The van der Waals surface area contributed by atoms with Crippen LogP contribution in [0.3, 0.4) is 0 Å². The van der Waals surface area contributed by atoms with Gasteiger partial charge >= 0.3 is 0 Å². The third kappa shape index (κ3) is 5.61. The van der Waals surface area contributed by atoms with E-state index in [9.17, 15) is 4.79 Å². The predicted octanol–water partition coefficient (Wildman–Crippen LogP) is 4.39. The number of halogens is 3. The van der Waals surface area contributed by atoms with Crippen LogP contribution >= 0.6 is 39.9 Å². The van der Waals surface area contributed by atoms with E-state index in [-0.39, 0.29) is 18.3 Å². The molecule has 1 aromatic rings. The molecule has 0 radical (unpaired) electrons. The Bertz CT molecular complexity index is 509. The van der Waals surface area contributed by atoms with Crippen LogP contribution in [0, 0.1) is 0 Å². The lowest BCUT2D eigenvalue weighted by Crippen LogP contribution is -2.23. The summed E-state index contributed by atoms with van der Waals surface area (Å²) in [6.07, 6.45) is 3.70. The number of nitrogens with one attached hydrogen (secondary N) is 2. The van der Waals surface area contributed by atoms with Gasteiger partial charge in [0, 0.05) is 17.5 Å². The molecule has 1 aromatic carbocycles. The van der Waals surface area contributed by atoms with Crippen molar-refractivity contribution in [3.05, 3.63) is 21.6 Å². The molecular formula is C15H21BrCl2N2O2. The van der Waals surface area contributed by atoms with Crippen molar-refractivity contribution < 1.29 is 9.53 Å². The van der Waals surface area contributed by atoms with Crippen LogP contribution in [0.5, 0.6) is 5.75 Å². The van der Waals surface area contributed by atoms with Gasteiger partial charge in [0.05, 0.1) is 16.8 Å². The Kier molecular flexibility index (Phi) is 8.54. The zero-order chi connectivity index (χ0) is 15.2. The summed E-state index contributed by atoms with van der Waals surface area (Å²) < 4.78 is 6.31. The van der Waals surface area contributed by atoms with E-state index in [1.807, 2.05) is 6.92 Å². The summed E-state index contributed by atoms with van der Waals surface area (Å²) in [5, 5.41) is 6.84. The third-order valence-electron chi connectivity index (χ3n) is 3.45. The molecule has 1 unspecified atom stereocenters. The minimum absolute atomic E-state index is 0. The molecular weight excluding hydrogens is 391 g/mol. The highest BCUT2D eigenvalue weighted by molar-refractivity contribution is 9.10. The van der Waals surface area contributed by atoms with Gasteiger partial charge in [-0.05, 0) is 60.8 Å². The standard InChI is InChI=1S/C15H20BrClN2O2.ClH/c1-2-21-15-12(16)8-10(17)9-13(15)19-14(20)6-5-11-4-3-7-18-11;/h8-9,11,18H,2-7H2,1H3,(H,19,20);1H. The summed E-state index contributed by atoms with van der Waals surface area (Å²) in [6.45, 7) is 3.48. The Labute approximate surface area is 150 Å². The average Bonchev–Trinajstić information content (AvgIpc) is 2.93. The summed E-state index contributed by atoms with van der Waals surface area (Å²) in [6, 6.07) is 3.93. The second kappa shape index (κ2) is 9.60. The zero-order valence-corrected chi connectivity index (χ0v) is 15.6. The van der Waals surface area contributed by atoms with Gasteiger partial charge in [-0.25, -0.2) is 0 Å². The van der Waals surface area contributed by atoms with E-state index in [1.54, 1.807) is 12.1 Å². The van der Waals surface area contributed by atoms with Crippen LogP contribution < -0.4 is 15.4 Å². The predicted molar refractivity (Wildman–Crippen MR) is 96.5 cm³/mol. The number of carbonyl (C=O) groups is 1. The Balaban J connectivity index is 0.00000242. The minimum atomic E-state index is -0.0150. The fourth-order valence-corrected chi connectivity index (χ4v) is 3.39. The number of amides is 1. The van der Waals surface area contributed by atoms with E-state index >= 15 is 0 Å².